The van der Waals surface area contributed by atoms with Gasteiger partial charge in [-0.25, -0.2) is 10.4 Å². The Balaban J connectivity index is 1.19. The van der Waals surface area contributed by atoms with Gasteiger partial charge in [0, 0.05) is 11.1 Å². The van der Waals surface area contributed by atoms with E-state index in [2.05, 4.69) is 20.8 Å². The summed E-state index contributed by atoms with van der Waals surface area (Å²) >= 11 is 7.74. The molecule has 4 aromatic carbocycles. The van der Waals surface area contributed by atoms with Crippen LogP contribution in [0.15, 0.2) is 89.3 Å². The van der Waals surface area contributed by atoms with Crippen molar-refractivity contribution in [3.63, 3.8) is 0 Å². The number of benzene rings is 4. The minimum atomic E-state index is -4.45. The first kappa shape index (κ1) is 30.8. The SMILES string of the molecule is CCOc1cc(/C=N\NC(=O)Cc2csc(Nc3cccc(C(F)(F)F)c3)n2)cc(Cl)c1OCc1cccc2ccccc12. The number of carbonyl (C=O) groups excluding carboxylic acids is 1. The summed E-state index contributed by atoms with van der Waals surface area (Å²) in [5.41, 5.74) is 3.94. The van der Waals surface area contributed by atoms with Crippen molar-refractivity contribution < 1.29 is 27.4 Å². The highest BCUT2D eigenvalue weighted by molar-refractivity contribution is 7.13. The highest BCUT2D eigenvalue weighted by Gasteiger charge is 2.30. The number of thiazole rings is 1. The van der Waals surface area contributed by atoms with Gasteiger partial charge in [0.25, 0.3) is 0 Å². The first-order valence-corrected chi connectivity index (χ1v) is 14.7. The number of hydrogen-bond donors (Lipinski definition) is 2. The average molecular weight is 639 g/mol. The highest BCUT2D eigenvalue weighted by Crippen LogP contribution is 2.37. The molecule has 44 heavy (non-hydrogen) atoms. The number of amides is 1. The second-order valence-corrected chi connectivity index (χ2v) is 10.8. The van der Waals surface area contributed by atoms with Gasteiger partial charge in [0.05, 0.1) is 35.5 Å². The smallest absolute Gasteiger partial charge is 0.416 e. The Kier molecular flexibility index (Phi) is 9.66. The van der Waals surface area contributed by atoms with E-state index in [1.807, 2.05) is 49.4 Å². The van der Waals surface area contributed by atoms with Gasteiger partial charge >= 0.3 is 6.18 Å². The van der Waals surface area contributed by atoms with Crippen LogP contribution >= 0.6 is 22.9 Å². The van der Waals surface area contributed by atoms with Crippen LogP contribution in [-0.2, 0) is 24.0 Å². The molecule has 7 nitrogen and oxygen atoms in total. The lowest BCUT2D eigenvalue weighted by atomic mass is 10.1. The number of hydrazone groups is 1. The molecule has 1 amide bonds. The van der Waals surface area contributed by atoms with Crippen LogP contribution in [0.4, 0.5) is 24.0 Å². The van der Waals surface area contributed by atoms with Gasteiger partial charge in [-0.3, -0.25) is 4.79 Å². The molecule has 226 valence electrons. The number of rotatable bonds is 11. The van der Waals surface area contributed by atoms with Crippen molar-refractivity contribution >= 4 is 56.7 Å². The topological polar surface area (TPSA) is 84.8 Å². The molecule has 5 aromatic rings. The molecule has 0 unspecified atom stereocenters. The second kappa shape index (κ2) is 13.8. The molecule has 0 spiro atoms. The largest absolute Gasteiger partial charge is 0.490 e. The third kappa shape index (κ3) is 7.86. The molecule has 0 saturated heterocycles. The molecule has 0 fully saturated rings. The molecular formula is C32H26ClF3N4O3S. The van der Waals surface area contributed by atoms with E-state index < -0.39 is 17.6 Å². The van der Waals surface area contributed by atoms with Crippen molar-refractivity contribution in [3.05, 3.63) is 112 Å². The molecular weight excluding hydrogens is 613 g/mol. The maximum Gasteiger partial charge on any atom is 0.416 e. The Morgan fingerprint density at radius 2 is 1.84 bits per heavy atom. The predicted octanol–water partition coefficient (Wildman–Crippen LogP) is 8.38. The van der Waals surface area contributed by atoms with Crippen molar-refractivity contribution in [2.24, 2.45) is 5.10 Å². The Morgan fingerprint density at radius 3 is 2.66 bits per heavy atom. The fourth-order valence-corrected chi connectivity index (χ4v) is 5.36. The Morgan fingerprint density at radius 1 is 1.05 bits per heavy atom. The minimum absolute atomic E-state index is 0.0794. The third-order valence-electron chi connectivity index (χ3n) is 6.32. The fourth-order valence-electron chi connectivity index (χ4n) is 4.36. The number of alkyl halides is 3. The van der Waals surface area contributed by atoms with Crippen molar-refractivity contribution in [1.29, 1.82) is 0 Å². The summed E-state index contributed by atoms with van der Waals surface area (Å²) in [7, 11) is 0. The van der Waals surface area contributed by atoms with Crippen LogP contribution < -0.4 is 20.2 Å². The van der Waals surface area contributed by atoms with Crippen LogP contribution in [0.1, 0.15) is 29.3 Å². The lowest BCUT2D eigenvalue weighted by Crippen LogP contribution is -2.20. The molecule has 0 aliphatic carbocycles. The summed E-state index contributed by atoms with van der Waals surface area (Å²) in [5, 5.41) is 11.4. The lowest BCUT2D eigenvalue weighted by Gasteiger charge is -2.15. The number of nitrogens with zero attached hydrogens (tertiary/aromatic N) is 2. The molecule has 12 heteroatoms. The number of hydrogen-bond acceptors (Lipinski definition) is 7. The minimum Gasteiger partial charge on any atom is -0.490 e. The molecule has 0 aliphatic rings. The molecule has 0 aliphatic heterocycles. The van der Waals surface area contributed by atoms with Crippen LogP contribution in [0.2, 0.25) is 5.02 Å². The van der Waals surface area contributed by atoms with E-state index >= 15 is 0 Å². The summed E-state index contributed by atoms with van der Waals surface area (Å²) < 4.78 is 50.8. The zero-order valence-electron chi connectivity index (χ0n) is 23.3. The van der Waals surface area contributed by atoms with Gasteiger partial charge in [0.1, 0.15) is 6.61 Å². The Hall–Kier alpha value is -4.61. The normalized spacial score (nSPS) is 11.6. The zero-order chi connectivity index (χ0) is 31.1. The quantitative estimate of drug-likeness (QED) is 0.112. The maximum atomic E-state index is 13.0. The van der Waals surface area contributed by atoms with E-state index in [9.17, 15) is 18.0 Å². The second-order valence-electron chi connectivity index (χ2n) is 9.51. The average Bonchev–Trinajstić information content (AvgIpc) is 3.43. The Labute approximate surface area is 260 Å². The lowest BCUT2D eigenvalue weighted by molar-refractivity contribution is -0.137. The number of carbonyl (C=O) groups is 1. The summed E-state index contributed by atoms with van der Waals surface area (Å²) in [6, 6.07) is 22.2. The number of aromatic nitrogens is 1. The van der Waals surface area contributed by atoms with Gasteiger partial charge in [-0.2, -0.15) is 18.3 Å². The molecule has 1 aromatic heterocycles. The van der Waals surface area contributed by atoms with Crippen LogP contribution in [0.3, 0.4) is 0 Å². The van der Waals surface area contributed by atoms with Crippen molar-refractivity contribution in [1.82, 2.24) is 10.4 Å². The summed E-state index contributed by atoms with van der Waals surface area (Å²) in [6.45, 7) is 2.53. The molecule has 5 rings (SSSR count). The van der Waals surface area contributed by atoms with E-state index in [1.54, 1.807) is 17.5 Å². The molecule has 1 heterocycles. The summed E-state index contributed by atoms with van der Waals surface area (Å²) in [6.07, 6.45) is -3.10. The van der Waals surface area contributed by atoms with Crippen LogP contribution in [0.5, 0.6) is 11.5 Å². The number of fused-ring (bicyclic) bond motifs is 1. The first-order valence-electron chi connectivity index (χ1n) is 13.5. The number of nitrogens with one attached hydrogen (secondary N) is 2. The predicted molar refractivity (Wildman–Crippen MR) is 167 cm³/mol. The van der Waals surface area contributed by atoms with Crippen LogP contribution in [-0.4, -0.2) is 23.7 Å². The van der Waals surface area contributed by atoms with E-state index in [-0.39, 0.29) is 12.1 Å². The van der Waals surface area contributed by atoms with Crippen molar-refractivity contribution in [2.75, 3.05) is 11.9 Å². The molecule has 0 atom stereocenters. The summed E-state index contributed by atoms with van der Waals surface area (Å²) in [5.74, 6) is 0.417. The molecule has 0 saturated carbocycles. The maximum absolute atomic E-state index is 13.0. The highest BCUT2D eigenvalue weighted by atomic mass is 35.5. The Bertz CT molecular complexity index is 1800. The monoisotopic (exact) mass is 638 g/mol. The van der Waals surface area contributed by atoms with Crippen LogP contribution in [0.25, 0.3) is 10.8 Å². The van der Waals surface area contributed by atoms with Crippen LogP contribution in [0, 0.1) is 0 Å². The summed E-state index contributed by atoms with van der Waals surface area (Å²) in [4.78, 5) is 16.7. The van der Waals surface area contributed by atoms with Gasteiger partial charge in [-0.15, -0.1) is 11.3 Å². The van der Waals surface area contributed by atoms with E-state index in [1.165, 1.54) is 29.7 Å². The van der Waals surface area contributed by atoms with E-state index in [0.717, 1.165) is 28.5 Å². The number of ether oxygens (including phenoxy) is 2. The van der Waals surface area contributed by atoms with Crippen molar-refractivity contribution in [2.45, 2.75) is 26.1 Å². The number of anilines is 2. The fraction of sp³-hybridized carbons (Fsp3) is 0.156. The molecule has 0 radical (unpaired) electrons. The number of halogens is 4. The standard InChI is InChI=1S/C32H26ClF3N4O3S/c1-2-42-28-14-20(13-27(33)30(28)43-18-22-9-5-8-21-7-3-4-12-26(21)22)17-37-40-29(41)16-25-19-44-31(39-25)38-24-11-6-10-23(15-24)32(34,35)36/h3-15,17,19H,2,16,18H2,1H3,(H,38,39)(H,40,41)/b37-17-. The van der Waals surface area contributed by atoms with Gasteiger partial charge in [-0.05, 0) is 59.2 Å². The third-order valence-corrected chi connectivity index (χ3v) is 7.41. The molecule has 2 N–H and O–H groups in total. The van der Waals surface area contributed by atoms with Gasteiger partial charge in [0.15, 0.2) is 16.6 Å². The van der Waals surface area contributed by atoms with E-state index in [4.69, 9.17) is 21.1 Å². The van der Waals surface area contributed by atoms with Gasteiger partial charge in [0.2, 0.25) is 5.91 Å². The molecule has 0 bridgehead atoms. The van der Waals surface area contributed by atoms with E-state index in [0.29, 0.717) is 46.1 Å². The van der Waals surface area contributed by atoms with Gasteiger partial charge in [-0.1, -0.05) is 60.1 Å². The van der Waals surface area contributed by atoms with Crippen molar-refractivity contribution in [3.8, 4) is 11.5 Å². The van der Waals surface area contributed by atoms with Gasteiger partial charge < -0.3 is 14.8 Å². The first-order chi connectivity index (χ1) is 21.2. The zero-order valence-corrected chi connectivity index (χ0v) is 24.9.